The van der Waals surface area contributed by atoms with E-state index in [1.54, 1.807) is 13.1 Å². The van der Waals surface area contributed by atoms with Crippen LogP contribution in [0.2, 0.25) is 0 Å². The van der Waals surface area contributed by atoms with Gasteiger partial charge in [0.25, 0.3) is 0 Å². The highest BCUT2D eigenvalue weighted by Crippen LogP contribution is 2.25. The van der Waals surface area contributed by atoms with Gasteiger partial charge in [-0.05, 0) is 20.8 Å². The molecule has 21 heavy (non-hydrogen) atoms. The number of nitrogens with zero attached hydrogens (tertiary/aromatic N) is 3. The molecule has 0 aliphatic carbocycles. The van der Waals surface area contributed by atoms with Crippen LogP contribution in [0.15, 0.2) is 12.4 Å². The number of aliphatic hydroxyl groups excluding tert-OH is 1. The molecule has 3 N–H and O–H groups in total. The molecule has 0 bridgehead atoms. The lowest BCUT2D eigenvalue weighted by Crippen LogP contribution is -2.20. The number of aliphatic hydroxyl groups is 1. The summed E-state index contributed by atoms with van der Waals surface area (Å²) in [6.45, 7) is 6.13. The molecule has 1 atom stereocenters. The summed E-state index contributed by atoms with van der Waals surface area (Å²) < 4.78 is 1.83. The molecular formula is C15H22N4O2. The van der Waals surface area contributed by atoms with E-state index in [0.29, 0.717) is 23.4 Å². The van der Waals surface area contributed by atoms with Crippen molar-refractivity contribution in [1.29, 1.82) is 0 Å². The first-order chi connectivity index (χ1) is 9.95. The molecular weight excluding hydrogens is 268 g/mol. The molecule has 0 fully saturated rings. The summed E-state index contributed by atoms with van der Waals surface area (Å²) in [4.78, 5) is 4.06. The van der Waals surface area contributed by atoms with E-state index < -0.39 is 0 Å². The number of rotatable bonds is 5. The van der Waals surface area contributed by atoms with Crippen LogP contribution in [-0.4, -0.2) is 25.0 Å². The highest BCUT2D eigenvalue weighted by atomic mass is 16.3. The van der Waals surface area contributed by atoms with E-state index in [9.17, 15) is 10.2 Å². The molecule has 0 saturated carbocycles. The fourth-order valence-corrected chi connectivity index (χ4v) is 2.32. The molecule has 0 aliphatic rings. The van der Waals surface area contributed by atoms with Gasteiger partial charge in [0, 0.05) is 48.2 Å². The number of nitrogens with one attached hydrogen (secondary N) is 1. The Labute approximate surface area is 124 Å². The van der Waals surface area contributed by atoms with Gasteiger partial charge in [0.05, 0.1) is 18.5 Å². The second kappa shape index (κ2) is 6.24. The lowest BCUT2D eigenvalue weighted by Gasteiger charge is -2.17. The van der Waals surface area contributed by atoms with Crippen molar-refractivity contribution in [2.75, 3.05) is 0 Å². The molecule has 114 valence electrons. The van der Waals surface area contributed by atoms with Gasteiger partial charge in [-0.1, -0.05) is 0 Å². The van der Waals surface area contributed by atoms with Crippen molar-refractivity contribution in [3.05, 3.63) is 40.5 Å². The molecule has 0 saturated heterocycles. The Balaban J connectivity index is 2.16. The van der Waals surface area contributed by atoms with Gasteiger partial charge < -0.3 is 15.5 Å². The average Bonchev–Trinajstić information content (AvgIpc) is 2.80. The summed E-state index contributed by atoms with van der Waals surface area (Å²) in [5.41, 5.74) is 4.12. The molecule has 0 spiro atoms. The number of aromatic nitrogens is 3. The monoisotopic (exact) mass is 290 g/mol. The topological polar surface area (TPSA) is 83.2 Å². The molecule has 0 aromatic carbocycles. The zero-order valence-electron chi connectivity index (χ0n) is 12.9. The molecule has 6 nitrogen and oxygen atoms in total. The lowest BCUT2D eigenvalue weighted by atomic mass is 10.1. The minimum absolute atomic E-state index is 0.0955. The predicted molar refractivity (Wildman–Crippen MR) is 79.8 cm³/mol. The fourth-order valence-electron chi connectivity index (χ4n) is 2.32. The molecule has 0 radical (unpaired) electrons. The maximum absolute atomic E-state index is 10.1. The molecule has 2 aromatic heterocycles. The van der Waals surface area contributed by atoms with Crippen LogP contribution in [0, 0.1) is 13.8 Å². The predicted octanol–water partition coefficient (Wildman–Crippen LogP) is 1.48. The first kappa shape index (κ1) is 15.5. The minimum atomic E-state index is -0.141. The second-order valence-corrected chi connectivity index (χ2v) is 5.27. The van der Waals surface area contributed by atoms with E-state index in [-0.39, 0.29) is 18.4 Å². The second-order valence-electron chi connectivity index (χ2n) is 5.27. The fraction of sp³-hybridized carbons (Fsp3) is 0.467. The van der Waals surface area contributed by atoms with Crippen molar-refractivity contribution in [2.45, 2.75) is 40.0 Å². The van der Waals surface area contributed by atoms with Crippen molar-refractivity contribution in [1.82, 2.24) is 20.1 Å². The van der Waals surface area contributed by atoms with Crippen LogP contribution in [0.5, 0.6) is 5.75 Å². The Morgan fingerprint density at radius 3 is 2.62 bits per heavy atom. The van der Waals surface area contributed by atoms with Gasteiger partial charge in [0.2, 0.25) is 0 Å². The standard InChI is InChI=1S/C15H22N4O2/c1-9(13-7-18-19(4)11(13)3)17-6-14-12(8-20)5-16-10(2)15(14)21/h5,7,9,17,20-21H,6,8H2,1-4H3. The van der Waals surface area contributed by atoms with Crippen LogP contribution in [0.3, 0.4) is 0 Å². The summed E-state index contributed by atoms with van der Waals surface area (Å²) in [5.74, 6) is 0.143. The summed E-state index contributed by atoms with van der Waals surface area (Å²) in [7, 11) is 1.91. The Morgan fingerprint density at radius 2 is 2.05 bits per heavy atom. The van der Waals surface area contributed by atoms with E-state index in [2.05, 4.69) is 15.4 Å². The van der Waals surface area contributed by atoms with Crippen molar-refractivity contribution in [3.8, 4) is 5.75 Å². The van der Waals surface area contributed by atoms with E-state index in [1.807, 2.05) is 31.8 Å². The Kier molecular flexibility index (Phi) is 4.59. The van der Waals surface area contributed by atoms with Crippen molar-refractivity contribution >= 4 is 0 Å². The molecule has 2 heterocycles. The normalized spacial score (nSPS) is 12.6. The van der Waals surface area contributed by atoms with Gasteiger partial charge in [-0.2, -0.15) is 5.10 Å². The van der Waals surface area contributed by atoms with Gasteiger partial charge in [0.15, 0.2) is 0 Å². The van der Waals surface area contributed by atoms with Crippen LogP contribution >= 0.6 is 0 Å². The van der Waals surface area contributed by atoms with Gasteiger partial charge in [-0.15, -0.1) is 0 Å². The van der Waals surface area contributed by atoms with Gasteiger partial charge in [-0.3, -0.25) is 9.67 Å². The summed E-state index contributed by atoms with van der Waals surface area (Å²) in [5, 5.41) is 27.1. The number of aryl methyl sites for hydroxylation is 2. The Bertz CT molecular complexity index is 637. The van der Waals surface area contributed by atoms with Crippen LogP contribution in [0.25, 0.3) is 0 Å². The quantitative estimate of drug-likeness (QED) is 0.777. The number of hydrogen-bond acceptors (Lipinski definition) is 5. The Hall–Kier alpha value is -1.92. The van der Waals surface area contributed by atoms with E-state index >= 15 is 0 Å². The third-order valence-electron chi connectivity index (χ3n) is 3.93. The van der Waals surface area contributed by atoms with E-state index in [0.717, 1.165) is 11.3 Å². The maximum atomic E-state index is 10.1. The van der Waals surface area contributed by atoms with Crippen LogP contribution < -0.4 is 5.32 Å². The summed E-state index contributed by atoms with van der Waals surface area (Å²) in [6.07, 6.45) is 3.45. The minimum Gasteiger partial charge on any atom is -0.506 e. The molecule has 2 aromatic rings. The highest BCUT2D eigenvalue weighted by molar-refractivity contribution is 5.40. The average molecular weight is 290 g/mol. The van der Waals surface area contributed by atoms with Crippen molar-refractivity contribution < 1.29 is 10.2 Å². The van der Waals surface area contributed by atoms with Crippen LogP contribution in [0.1, 0.15) is 41.0 Å². The van der Waals surface area contributed by atoms with Crippen LogP contribution in [0.4, 0.5) is 0 Å². The summed E-state index contributed by atoms with van der Waals surface area (Å²) in [6, 6.07) is 0.0955. The molecule has 6 heteroatoms. The Morgan fingerprint density at radius 1 is 1.33 bits per heavy atom. The third kappa shape index (κ3) is 3.06. The van der Waals surface area contributed by atoms with Gasteiger partial charge in [-0.25, -0.2) is 0 Å². The van der Waals surface area contributed by atoms with E-state index in [1.165, 1.54) is 0 Å². The molecule has 0 amide bonds. The molecule has 2 rings (SSSR count). The lowest BCUT2D eigenvalue weighted by molar-refractivity contribution is 0.278. The third-order valence-corrected chi connectivity index (χ3v) is 3.93. The zero-order valence-corrected chi connectivity index (χ0v) is 12.9. The van der Waals surface area contributed by atoms with Crippen molar-refractivity contribution in [2.24, 2.45) is 7.05 Å². The van der Waals surface area contributed by atoms with Crippen molar-refractivity contribution in [3.63, 3.8) is 0 Å². The van der Waals surface area contributed by atoms with Gasteiger partial charge in [0.1, 0.15) is 5.75 Å². The first-order valence-corrected chi connectivity index (χ1v) is 6.94. The number of pyridine rings is 1. The summed E-state index contributed by atoms with van der Waals surface area (Å²) >= 11 is 0. The van der Waals surface area contributed by atoms with Crippen LogP contribution in [-0.2, 0) is 20.2 Å². The SMILES string of the molecule is Cc1ncc(CO)c(CNC(C)c2cnn(C)c2C)c1O. The zero-order chi connectivity index (χ0) is 15.6. The first-order valence-electron chi connectivity index (χ1n) is 6.94. The smallest absolute Gasteiger partial charge is 0.141 e. The van der Waals surface area contributed by atoms with Gasteiger partial charge >= 0.3 is 0 Å². The maximum Gasteiger partial charge on any atom is 0.141 e. The number of aromatic hydroxyl groups is 1. The number of hydrogen-bond donors (Lipinski definition) is 3. The largest absolute Gasteiger partial charge is 0.506 e. The molecule has 1 unspecified atom stereocenters. The highest BCUT2D eigenvalue weighted by Gasteiger charge is 2.15. The van der Waals surface area contributed by atoms with E-state index in [4.69, 9.17) is 0 Å². The molecule has 0 aliphatic heterocycles.